The number of aromatic nitrogens is 3. The molecule has 3 aromatic carbocycles. The summed E-state index contributed by atoms with van der Waals surface area (Å²) in [4.78, 5) is 6.94. The van der Waals surface area contributed by atoms with Crippen LogP contribution in [0.1, 0.15) is 24.8 Å². The van der Waals surface area contributed by atoms with Gasteiger partial charge in [0.1, 0.15) is 29.1 Å². The summed E-state index contributed by atoms with van der Waals surface area (Å²) in [6.07, 6.45) is 6.05. The highest BCUT2D eigenvalue weighted by Crippen LogP contribution is 2.41. The molecule has 1 aliphatic heterocycles. The Morgan fingerprint density at radius 3 is 2.36 bits per heavy atom. The van der Waals surface area contributed by atoms with Gasteiger partial charge in [-0.2, -0.15) is 5.10 Å². The molecule has 0 amide bonds. The summed E-state index contributed by atoms with van der Waals surface area (Å²) in [5.74, 6) is 2.84. The quantitative estimate of drug-likeness (QED) is 0.240. The van der Waals surface area contributed by atoms with E-state index in [2.05, 4.69) is 39.2 Å². The van der Waals surface area contributed by atoms with E-state index in [0.717, 1.165) is 64.5 Å². The molecule has 39 heavy (non-hydrogen) atoms. The van der Waals surface area contributed by atoms with E-state index >= 15 is 0 Å². The Bertz CT molecular complexity index is 1560. The van der Waals surface area contributed by atoms with Gasteiger partial charge in [-0.15, -0.1) is 0 Å². The number of anilines is 1. The minimum absolute atomic E-state index is 0.458. The van der Waals surface area contributed by atoms with E-state index in [1.165, 1.54) is 37.8 Å². The molecule has 2 aromatic heterocycles. The topological polar surface area (TPSA) is 77.9 Å². The van der Waals surface area contributed by atoms with Crippen molar-refractivity contribution in [2.45, 2.75) is 25.7 Å². The number of benzene rings is 3. The summed E-state index contributed by atoms with van der Waals surface area (Å²) >= 11 is 0. The van der Waals surface area contributed by atoms with Crippen LogP contribution >= 0.6 is 0 Å². The molecule has 0 aliphatic carbocycles. The first kappa shape index (κ1) is 24.9. The average Bonchev–Trinajstić information content (AvgIpc) is 3.61. The van der Waals surface area contributed by atoms with Gasteiger partial charge in [0.25, 0.3) is 0 Å². The summed E-state index contributed by atoms with van der Waals surface area (Å²) < 4.78 is 13.6. The van der Waals surface area contributed by atoms with Gasteiger partial charge < -0.3 is 20.1 Å². The number of nitrogen functional groups attached to an aromatic ring is 1. The van der Waals surface area contributed by atoms with Crippen LogP contribution in [0.25, 0.3) is 27.9 Å². The Morgan fingerprint density at radius 1 is 0.846 bits per heavy atom. The molecule has 7 nitrogen and oxygen atoms in total. The lowest BCUT2D eigenvalue weighted by Crippen LogP contribution is -2.20. The first-order chi connectivity index (χ1) is 19.2. The molecule has 7 heteroatoms. The zero-order valence-corrected chi connectivity index (χ0v) is 22.2. The fourth-order valence-electron chi connectivity index (χ4n) is 5.58. The summed E-state index contributed by atoms with van der Waals surface area (Å²) in [6, 6.07) is 26.2. The number of nitrogens with zero attached hydrogens (tertiary/aromatic N) is 4. The third-order valence-electron chi connectivity index (χ3n) is 7.42. The second kappa shape index (κ2) is 11.2. The van der Waals surface area contributed by atoms with Crippen molar-refractivity contribution in [3.05, 3.63) is 90.8 Å². The van der Waals surface area contributed by atoms with Crippen molar-refractivity contribution in [2.75, 3.05) is 32.5 Å². The highest BCUT2D eigenvalue weighted by molar-refractivity contribution is 5.95. The smallest absolute Gasteiger partial charge is 0.152 e. The molecule has 2 N–H and O–H groups in total. The molecule has 0 spiro atoms. The molecule has 3 heterocycles. The maximum Gasteiger partial charge on any atom is 0.152 e. The summed E-state index contributed by atoms with van der Waals surface area (Å²) in [5.41, 5.74) is 12.8. The molecule has 198 valence electrons. The van der Waals surface area contributed by atoms with Gasteiger partial charge in [-0.3, -0.25) is 0 Å². The second-order valence-electron chi connectivity index (χ2n) is 9.93. The first-order valence-corrected chi connectivity index (χ1v) is 13.6. The molecule has 0 unspecified atom stereocenters. The van der Waals surface area contributed by atoms with Crippen molar-refractivity contribution in [1.82, 2.24) is 19.5 Å². The van der Waals surface area contributed by atoms with Crippen LogP contribution < -0.4 is 15.2 Å². The van der Waals surface area contributed by atoms with Crippen molar-refractivity contribution in [2.24, 2.45) is 0 Å². The highest BCUT2D eigenvalue weighted by Gasteiger charge is 2.24. The van der Waals surface area contributed by atoms with E-state index in [9.17, 15) is 0 Å². The normalized spacial score (nSPS) is 13.7. The first-order valence-electron chi connectivity index (χ1n) is 13.6. The number of para-hydroxylation sites is 1. The second-order valence-corrected chi connectivity index (χ2v) is 9.93. The largest absolute Gasteiger partial charge is 0.497 e. The van der Waals surface area contributed by atoms with Gasteiger partial charge in [0.2, 0.25) is 0 Å². The maximum atomic E-state index is 6.54. The van der Waals surface area contributed by atoms with Crippen LogP contribution in [-0.4, -0.2) is 46.2 Å². The monoisotopic (exact) mass is 519 g/mol. The zero-order valence-electron chi connectivity index (χ0n) is 22.2. The van der Waals surface area contributed by atoms with Gasteiger partial charge in [-0.05, 0) is 92.8 Å². The predicted molar refractivity (Wildman–Crippen MR) is 155 cm³/mol. The summed E-state index contributed by atoms with van der Waals surface area (Å²) in [7, 11) is 1.69. The maximum absolute atomic E-state index is 6.54. The summed E-state index contributed by atoms with van der Waals surface area (Å²) in [6.45, 7) is 3.46. The van der Waals surface area contributed by atoms with Gasteiger partial charge in [-0.1, -0.05) is 42.5 Å². The fraction of sp³-hybridized carbons (Fsp3) is 0.250. The lowest BCUT2D eigenvalue weighted by molar-refractivity contribution is 0.334. The van der Waals surface area contributed by atoms with E-state index < -0.39 is 0 Å². The van der Waals surface area contributed by atoms with Crippen LogP contribution in [0.2, 0.25) is 0 Å². The van der Waals surface area contributed by atoms with Crippen LogP contribution in [0.4, 0.5) is 5.82 Å². The number of fused-ring (bicyclic) bond motifs is 1. The van der Waals surface area contributed by atoms with Crippen LogP contribution in [0.3, 0.4) is 0 Å². The molecule has 1 fully saturated rings. The Balaban J connectivity index is 1.46. The van der Waals surface area contributed by atoms with Crippen LogP contribution in [-0.2, 0) is 6.42 Å². The molecule has 6 rings (SSSR count). The van der Waals surface area contributed by atoms with E-state index in [1.54, 1.807) is 7.11 Å². The van der Waals surface area contributed by atoms with Gasteiger partial charge >= 0.3 is 0 Å². The third kappa shape index (κ3) is 5.18. The third-order valence-corrected chi connectivity index (χ3v) is 7.42. The molecule has 0 saturated carbocycles. The minimum atomic E-state index is 0.458. The predicted octanol–water partition coefficient (Wildman–Crippen LogP) is 6.47. The van der Waals surface area contributed by atoms with Gasteiger partial charge in [-0.25, -0.2) is 9.50 Å². The number of hydrogen-bond donors (Lipinski definition) is 1. The van der Waals surface area contributed by atoms with E-state index in [1.807, 2.05) is 59.1 Å². The standard InChI is InChI=1S/C32H33N5O2/c1-38-27-12-7-9-24(21-27)30-28(13-8-20-36-18-5-6-19-36)29(31-32(33)34-22-35-37(30)31)23-14-16-26(17-15-23)39-25-10-3-2-4-11-25/h2-4,7,9-12,14-17,21-22H,5-6,8,13,18-20H2,1H3,(H2,33,34,35). The zero-order chi connectivity index (χ0) is 26.6. The van der Waals surface area contributed by atoms with Crippen molar-refractivity contribution in [1.29, 1.82) is 0 Å². The molecule has 0 radical (unpaired) electrons. The Morgan fingerprint density at radius 2 is 1.59 bits per heavy atom. The van der Waals surface area contributed by atoms with Gasteiger partial charge in [0.15, 0.2) is 5.82 Å². The Labute approximate surface area is 228 Å². The highest BCUT2D eigenvalue weighted by atomic mass is 16.5. The SMILES string of the molecule is COc1cccc(-c2c(CCCN3CCCC3)c(-c3ccc(Oc4ccccc4)cc3)c3c(N)ncnn23)c1. The van der Waals surface area contributed by atoms with Crippen molar-refractivity contribution < 1.29 is 9.47 Å². The van der Waals surface area contributed by atoms with Gasteiger partial charge in [0, 0.05) is 11.1 Å². The number of methoxy groups -OCH3 is 1. The van der Waals surface area contributed by atoms with E-state index in [0.29, 0.717) is 5.82 Å². The Hall–Kier alpha value is -4.36. The molecular weight excluding hydrogens is 486 g/mol. The molecular formula is C32H33N5O2. The number of likely N-dealkylation sites (tertiary alicyclic amines) is 1. The van der Waals surface area contributed by atoms with Crippen LogP contribution in [0.5, 0.6) is 17.2 Å². The Kier molecular flexibility index (Phi) is 7.15. The van der Waals surface area contributed by atoms with E-state index in [4.69, 9.17) is 15.2 Å². The van der Waals surface area contributed by atoms with E-state index in [-0.39, 0.29) is 0 Å². The van der Waals surface area contributed by atoms with Gasteiger partial charge in [0.05, 0.1) is 12.8 Å². The van der Waals surface area contributed by atoms with Crippen molar-refractivity contribution in [3.8, 4) is 39.6 Å². The average molecular weight is 520 g/mol. The lowest BCUT2D eigenvalue weighted by atomic mass is 9.95. The summed E-state index contributed by atoms with van der Waals surface area (Å²) in [5, 5.41) is 4.69. The molecule has 0 bridgehead atoms. The number of hydrogen-bond acceptors (Lipinski definition) is 6. The molecule has 1 saturated heterocycles. The minimum Gasteiger partial charge on any atom is -0.497 e. The number of ether oxygens (including phenoxy) is 2. The van der Waals surface area contributed by atoms with Crippen LogP contribution in [0, 0.1) is 0 Å². The fourth-order valence-corrected chi connectivity index (χ4v) is 5.58. The van der Waals surface area contributed by atoms with Crippen LogP contribution in [0.15, 0.2) is 85.2 Å². The lowest BCUT2D eigenvalue weighted by Gasteiger charge is -2.15. The number of nitrogens with two attached hydrogens (primary N) is 1. The number of rotatable bonds is 9. The van der Waals surface area contributed by atoms with Crippen molar-refractivity contribution >= 4 is 11.3 Å². The molecule has 5 aromatic rings. The van der Waals surface area contributed by atoms with Crippen molar-refractivity contribution in [3.63, 3.8) is 0 Å². The molecule has 0 atom stereocenters. The molecule has 1 aliphatic rings.